The molecule has 31 heavy (non-hydrogen) atoms. The molecule has 1 amide bonds. The predicted octanol–water partition coefficient (Wildman–Crippen LogP) is 4.20. The van der Waals surface area contributed by atoms with Gasteiger partial charge in [-0.25, -0.2) is 4.79 Å². The van der Waals surface area contributed by atoms with Gasteiger partial charge in [-0.1, -0.05) is 51.6 Å². The minimum atomic E-state index is -0.320. The van der Waals surface area contributed by atoms with Gasteiger partial charge < -0.3 is 25.2 Å². The molecule has 0 bridgehead atoms. The Morgan fingerprint density at radius 3 is 2.39 bits per heavy atom. The van der Waals surface area contributed by atoms with Gasteiger partial charge in [0.15, 0.2) is 0 Å². The Morgan fingerprint density at radius 2 is 1.68 bits per heavy atom. The van der Waals surface area contributed by atoms with E-state index >= 15 is 0 Å². The number of carbonyl (C=O) groups excluding carboxylic acids is 1. The van der Waals surface area contributed by atoms with Crippen LogP contribution in [0.4, 0.5) is 4.79 Å². The Hall–Kier alpha value is -1.63. The van der Waals surface area contributed by atoms with Crippen LogP contribution in [0.1, 0.15) is 65.4 Å². The Kier molecular flexibility index (Phi) is 13.5. The second kappa shape index (κ2) is 15.2. The second-order valence-electron chi connectivity index (χ2n) is 8.77. The highest BCUT2D eigenvalue weighted by Crippen LogP contribution is 2.17. The summed E-state index contributed by atoms with van der Waals surface area (Å²) in [6.45, 7) is 7.75. The van der Waals surface area contributed by atoms with Crippen molar-refractivity contribution < 1.29 is 19.7 Å². The van der Waals surface area contributed by atoms with Crippen molar-refractivity contribution >= 4 is 6.09 Å². The van der Waals surface area contributed by atoms with Crippen LogP contribution in [0.15, 0.2) is 30.3 Å². The van der Waals surface area contributed by atoms with Gasteiger partial charge in [0.05, 0.1) is 12.2 Å². The molecule has 2 saturated heterocycles. The van der Waals surface area contributed by atoms with Crippen LogP contribution in [0, 0.1) is 11.8 Å². The molecule has 0 aliphatic carbocycles. The molecule has 3 N–H and O–H groups in total. The summed E-state index contributed by atoms with van der Waals surface area (Å²) in [6, 6.07) is 9.67. The molecule has 2 aliphatic rings. The van der Waals surface area contributed by atoms with Gasteiger partial charge in [0, 0.05) is 19.6 Å². The maximum Gasteiger partial charge on any atom is 0.410 e. The van der Waals surface area contributed by atoms with E-state index in [0.717, 1.165) is 44.3 Å². The molecular weight excluding hydrogens is 392 g/mol. The molecule has 2 aliphatic heterocycles. The molecule has 6 nitrogen and oxygen atoms in total. The highest BCUT2D eigenvalue weighted by atomic mass is 16.6. The zero-order valence-corrected chi connectivity index (χ0v) is 18.6. The molecule has 4 atom stereocenters. The molecule has 0 spiro atoms. The molecule has 3 rings (SSSR count). The fraction of sp³-hybridized carbons (Fsp3) is 0.720. The van der Waals surface area contributed by atoms with Crippen molar-refractivity contribution in [2.45, 2.75) is 78.6 Å². The lowest BCUT2D eigenvalue weighted by Crippen LogP contribution is -2.40. The van der Waals surface area contributed by atoms with Crippen LogP contribution in [-0.2, 0) is 11.3 Å². The first kappa shape index (κ1) is 27.4. The van der Waals surface area contributed by atoms with E-state index in [1.165, 1.54) is 12.8 Å². The molecular formula is C25H44N2O4. The Morgan fingerprint density at radius 1 is 1.03 bits per heavy atom. The smallest absolute Gasteiger partial charge is 0.410 e. The van der Waals surface area contributed by atoms with Gasteiger partial charge in [-0.3, -0.25) is 0 Å². The van der Waals surface area contributed by atoms with Crippen molar-refractivity contribution in [3.8, 4) is 0 Å². The highest BCUT2D eigenvalue weighted by molar-refractivity contribution is 5.67. The van der Waals surface area contributed by atoms with Crippen molar-refractivity contribution in [3.05, 3.63) is 35.9 Å². The van der Waals surface area contributed by atoms with E-state index in [1.807, 2.05) is 37.3 Å². The van der Waals surface area contributed by atoms with E-state index in [0.29, 0.717) is 25.6 Å². The van der Waals surface area contributed by atoms with Crippen molar-refractivity contribution in [3.63, 3.8) is 0 Å². The monoisotopic (exact) mass is 436 g/mol. The summed E-state index contributed by atoms with van der Waals surface area (Å²) in [5, 5.41) is 22.7. The maximum atomic E-state index is 12.1. The molecule has 0 radical (unpaired) electrons. The summed E-state index contributed by atoms with van der Waals surface area (Å²) >= 11 is 0. The summed E-state index contributed by atoms with van der Waals surface area (Å²) in [6.07, 6.45) is 5.39. The van der Waals surface area contributed by atoms with Gasteiger partial charge in [0.2, 0.25) is 0 Å². The van der Waals surface area contributed by atoms with Crippen LogP contribution >= 0.6 is 0 Å². The first-order chi connectivity index (χ1) is 14.5. The van der Waals surface area contributed by atoms with Crippen molar-refractivity contribution in [2.75, 3.05) is 26.2 Å². The molecule has 2 heterocycles. The number of nitrogens with zero attached hydrogens (tertiary/aromatic N) is 1. The van der Waals surface area contributed by atoms with Gasteiger partial charge in [-0.15, -0.1) is 0 Å². The Bertz CT molecular complexity index is 586. The summed E-state index contributed by atoms with van der Waals surface area (Å²) in [4.78, 5) is 13.8. The molecule has 6 heteroatoms. The summed E-state index contributed by atoms with van der Waals surface area (Å²) in [5.74, 6) is 0.528. The van der Waals surface area contributed by atoms with Crippen molar-refractivity contribution in [2.24, 2.45) is 11.8 Å². The molecule has 0 saturated carbocycles. The third-order valence-corrected chi connectivity index (χ3v) is 6.03. The fourth-order valence-corrected chi connectivity index (χ4v) is 3.83. The van der Waals surface area contributed by atoms with Crippen LogP contribution in [0.25, 0.3) is 0 Å². The Balaban J connectivity index is 0.000000370. The maximum absolute atomic E-state index is 12.1. The van der Waals surface area contributed by atoms with Gasteiger partial charge in [-0.2, -0.15) is 0 Å². The minimum Gasteiger partial charge on any atom is -0.445 e. The average molecular weight is 437 g/mol. The Labute approximate surface area is 189 Å². The van der Waals surface area contributed by atoms with E-state index in [1.54, 1.807) is 4.90 Å². The van der Waals surface area contributed by atoms with Crippen LogP contribution in [0.5, 0.6) is 0 Å². The van der Waals surface area contributed by atoms with Crippen LogP contribution in [0.2, 0.25) is 0 Å². The van der Waals surface area contributed by atoms with E-state index in [2.05, 4.69) is 12.2 Å². The lowest BCUT2D eigenvalue weighted by atomic mass is 9.97. The van der Waals surface area contributed by atoms with Gasteiger partial charge in [-0.05, 0) is 62.5 Å². The highest BCUT2D eigenvalue weighted by Gasteiger charge is 2.24. The van der Waals surface area contributed by atoms with E-state index in [-0.39, 0.29) is 31.6 Å². The molecule has 0 aromatic heterocycles. The number of amides is 1. The number of aliphatic hydroxyl groups excluding tert-OH is 2. The fourth-order valence-electron chi connectivity index (χ4n) is 3.83. The standard InChI is InChI=1S/C16H23NO3.C8H17NO.CH4/c1-13-11-17(10-6-5-9-15(13)18)16(19)20-12-14-7-3-2-4-8-14;1-7-6-9-5-3-2-4-8(7)10;/h2-4,7-8,13,15,18H,5-6,9-12H2,1H3;7-10H,2-6H2,1H3;1H4. The molecule has 1 aromatic carbocycles. The quantitative estimate of drug-likeness (QED) is 0.647. The van der Waals surface area contributed by atoms with Crippen molar-refractivity contribution in [1.29, 1.82) is 0 Å². The van der Waals surface area contributed by atoms with Crippen LogP contribution in [-0.4, -0.2) is 59.6 Å². The summed E-state index contributed by atoms with van der Waals surface area (Å²) < 4.78 is 5.35. The minimum absolute atomic E-state index is 0. The summed E-state index contributed by atoms with van der Waals surface area (Å²) in [7, 11) is 0. The average Bonchev–Trinajstić information content (AvgIpc) is 2.74. The molecule has 2 fully saturated rings. The lowest BCUT2D eigenvalue weighted by Gasteiger charge is -2.30. The number of hydrogen-bond acceptors (Lipinski definition) is 5. The molecule has 1 aromatic rings. The van der Waals surface area contributed by atoms with Crippen LogP contribution in [0.3, 0.4) is 0 Å². The normalized spacial score (nSPS) is 27.2. The topological polar surface area (TPSA) is 82.0 Å². The number of carbonyl (C=O) groups is 1. The molecule has 178 valence electrons. The number of likely N-dealkylation sites (tertiary alicyclic amines) is 1. The zero-order chi connectivity index (χ0) is 21.8. The van der Waals surface area contributed by atoms with E-state index < -0.39 is 0 Å². The van der Waals surface area contributed by atoms with Gasteiger partial charge >= 0.3 is 6.09 Å². The zero-order valence-electron chi connectivity index (χ0n) is 18.6. The number of ether oxygens (including phenoxy) is 1. The number of aliphatic hydroxyl groups is 2. The van der Waals surface area contributed by atoms with E-state index in [4.69, 9.17) is 4.74 Å². The van der Waals surface area contributed by atoms with E-state index in [9.17, 15) is 15.0 Å². The first-order valence-electron chi connectivity index (χ1n) is 11.5. The third kappa shape index (κ3) is 10.5. The predicted molar refractivity (Wildman–Crippen MR) is 126 cm³/mol. The van der Waals surface area contributed by atoms with Crippen LogP contribution < -0.4 is 5.32 Å². The number of nitrogens with one attached hydrogen (secondary N) is 1. The van der Waals surface area contributed by atoms with Gasteiger partial charge in [0.25, 0.3) is 0 Å². The van der Waals surface area contributed by atoms with Gasteiger partial charge in [0.1, 0.15) is 6.61 Å². The first-order valence-corrected chi connectivity index (χ1v) is 11.5. The SMILES string of the molecule is C.CC1CN(C(=O)OCc2ccccc2)CCCCC1O.CC1CNCCCCC1O. The largest absolute Gasteiger partial charge is 0.445 e. The number of rotatable bonds is 2. The number of hydrogen-bond donors (Lipinski definition) is 3. The molecule has 4 unspecified atom stereocenters. The second-order valence-corrected chi connectivity index (χ2v) is 8.77. The lowest BCUT2D eigenvalue weighted by molar-refractivity contribution is 0.0498. The third-order valence-electron chi connectivity index (χ3n) is 6.03. The summed E-state index contributed by atoms with van der Waals surface area (Å²) in [5.41, 5.74) is 0.987. The number of benzene rings is 1. The van der Waals surface area contributed by atoms with Crippen molar-refractivity contribution in [1.82, 2.24) is 10.2 Å².